The number of hydrogen-bond acceptors (Lipinski definition) is 2. The molecular formula is C6H4F2NO2S-. The van der Waals surface area contributed by atoms with Gasteiger partial charge in [-0.1, -0.05) is 12.1 Å². The maximum absolute atomic E-state index is 12.0. The summed E-state index contributed by atoms with van der Waals surface area (Å²) in [6.45, 7) is 0. The highest BCUT2D eigenvalue weighted by atomic mass is 32.2. The molecule has 0 aliphatic heterocycles. The predicted octanol–water partition coefficient (Wildman–Crippen LogP) is 0.304. The first kappa shape index (κ1) is 9.24. The zero-order chi connectivity index (χ0) is 9.30. The molecule has 12 heavy (non-hydrogen) atoms. The van der Waals surface area contributed by atoms with Crippen LogP contribution in [0, 0.1) is 22.1 Å². The van der Waals surface area contributed by atoms with Gasteiger partial charge in [0.25, 0.3) is 0 Å². The van der Waals surface area contributed by atoms with Gasteiger partial charge in [-0.2, -0.15) is 0 Å². The first-order valence-electron chi connectivity index (χ1n) is 2.86. The zero-order valence-corrected chi connectivity index (χ0v) is 6.53. The van der Waals surface area contributed by atoms with E-state index in [1.54, 1.807) is 12.1 Å². The molecule has 0 spiro atoms. The minimum atomic E-state index is -2.36. The lowest BCUT2D eigenvalue weighted by molar-refractivity contribution is 0.476. The van der Waals surface area contributed by atoms with Gasteiger partial charge >= 0.3 is 0 Å². The van der Waals surface area contributed by atoms with E-state index in [9.17, 15) is 8.78 Å². The number of nitrogens with two attached hydrogens (primary N) is 1. The normalized spacial score (nSPS) is 13.0. The Labute approximate surface area is 68.9 Å². The average Bonchev–Trinajstić information content (AvgIpc) is 1.84. The van der Waals surface area contributed by atoms with Crippen LogP contribution in [0.1, 0.15) is 0 Å². The van der Waals surface area contributed by atoms with E-state index in [2.05, 4.69) is 5.14 Å². The van der Waals surface area contributed by atoms with E-state index in [1.165, 1.54) is 0 Å². The summed E-state index contributed by atoms with van der Waals surface area (Å²) >= 11 is -2.36. The van der Waals surface area contributed by atoms with Gasteiger partial charge in [0, 0.05) is 21.7 Å². The Morgan fingerprint density at radius 2 is 1.50 bits per heavy atom. The predicted molar refractivity (Wildman–Crippen MR) is 37.1 cm³/mol. The molecule has 2 aliphatic carbocycles. The molecule has 0 heterocycles. The van der Waals surface area contributed by atoms with E-state index in [0.29, 0.717) is 10.4 Å². The van der Waals surface area contributed by atoms with Crippen LogP contribution < -0.4 is 5.14 Å². The lowest BCUT2D eigenvalue weighted by Gasteiger charge is -2.04. The summed E-state index contributed by atoms with van der Waals surface area (Å²) in [4.78, 5) is 0. The van der Waals surface area contributed by atoms with E-state index in [0.717, 1.165) is 0 Å². The molecule has 0 aromatic heterocycles. The van der Waals surface area contributed by atoms with Gasteiger partial charge in [0.05, 0.1) is 0 Å². The van der Waals surface area contributed by atoms with Crippen LogP contribution in [-0.2, 0) is 11.3 Å². The van der Waals surface area contributed by atoms with Crippen molar-refractivity contribution in [2.45, 2.75) is 0 Å². The van der Waals surface area contributed by atoms with Crippen molar-refractivity contribution in [3.8, 4) is 0 Å². The summed E-state index contributed by atoms with van der Waals surface area (Å²) in [6.07, 6.45) is 0. The third-order valence-electron chi connectivity index (χ3n) is 1.37. The Balaban J connectivity index is 0.000000157. The third-order valence-corrected chi connectivity index (χ3v) is 1.37. The first-order chi connectivity index (χ1) is 5.54. The van der Waals surface area contributed by atoms with Gasteiger partial charge in [-0.3, -0.25) is 9.35 Å². The first-order valence-corrected chi connectivity index (χ1v) is 4.00. The Morgan fingerprint density at radius 3 is 1.58 bits per heavy atom. The van der Waals surface area contributed by atoms with Crippen molar-refractivity contribution < 1.29 is 17.5 Å². The summed E-state index contributed by atoms with van der Waals surface area (Å²) in [5.41, 5.74) is 0. The zero-order valence-electron chi connectivity index (χ0n) is 5.71. The van der Waals surface area contributed by atoms with E-state index in [-0.39, 0.29) is 0 Å². The second-order valence-electron chi connectivity index (χ2n) is 2.05. The summed E-state index contributed by atoms with van der Waals surface area (Å²) in [7, 11) is 0. The molecule has 2 N–H and O–H groups in total. The summed E-state index contributed by atoms with van der Waals surface area (Å²) in [6, 6.07) is 3.13. The Kier molecular flexibility index (Phi) is 2.51. The number of hydrogen-bond donors (Lipinski definition) is 1. The smallest absolute Gasteiger partial charge is 0.167 e. The van der Waals surface area contributed by atoms with Crippen LogP contribution in [-0.4, -0.2) is 8.76 Å². The van der Waals surface area contributed by atoms with Gasteiger partial charge < -0.3 is 4.55 Å². The quantitative estimate of drug-likeness (QED) is 0.610. The molecule has 0 radical (unpaired) electrons. The molecule has 2 rings (SSSR count). The third kappa shape index (κ3) is 1.50. The van der Waals surface area contributed by atoms with Gasteiger partial charge in [0.2, 0.25) is 0 Å². The molecule has 1 unspecified atom stereocenters. The number of benzene rings is 1. The van der Waals surface area contributed by atoms with Crippen LogP contribution in [0.2, 0.25) is 0 Å². The fourth-order valence-corrected chi connectivity index (χ4v) is 0.807. The minimum Gasteiger partial charge on any atom is -0.760 e. The van der Waals surface area contributed by atoms with E-state index >= 15 is 0 Å². The van der Waals surface area contributed by atoms with Crippen molar-refractivity contribution in [2.24, 2.45) is 5.14 Å². The van der Waals surface area contributed by atoms with Crippen LogP contribution in [0.4, 0.5) is 8.78 Å². The van der Waals surface area contributed by atoms with Gasteiger partial charge in [0.15, 0.2) is 11.6 Å². The summed E-state index contributed by atoms with van der Waals surface area (Å²) in [5, 5.41) is 4.92. The van der Waals surface area contributed by atoms with E-state index in [1.807, 2.05) is 0 Å². The van der Waals surface area contributed by atoms with Crippen LogP contribution >= 0.6 is 0 Å². The molecular weight excluding hydrogens is 188 g/mol. The molecule has 66 valence electrons. The standard InChI is InChI=1S/C6H2F2.H3NO2S/c7-5-3-1-2-4(3)6(5)8;1-4(2)3/h1-2H;1H2,(H,2,3)/p-1. The molecule has 0 fully saturated rings. The van der Waals surface area contributed by atoms with Crippen molar-refractivity contribution in [2.75, 3.05) is 0 Å². The summed E-state index contributed by atoms with van der Waals surface area (Å²) < 4.78 is 41.6. The lowest BCUT2D eigenvalue weighted by atomic mass is 10.1. The molecule has 0 aromatic rings. The van der Waals surface area contributed by atoms with Crippen LogP contribution in [0.15, 0.2) is 12.1 Å². The maximum Gasteiger partial charge on any atom is 0.167 e. The molecule has 6 heteroatoms. The van der Waals surface area contributed by atoms with E-state index in [4.69, 9.17) is 8.76 Å². The molecule has 0 aromatic carbocycles. The number of halogens is 2. The molecule has 0 bridgehead atoms. The van der Waals surface area contributed by atoms with Crippen molar-refractivity contribution in [1.82, 2.24) is 0 Å². The molecule has 2 aliphatic rings. The highest BCUT2D eigenvalue weighted by molar-refractivity contribution is 7.76. The van der Waals surface area contributed by atoms with E-state index < -0.39 is 22.9 Å². The van der Waals surface area contributed by atoms with Gasteiger partial charge in [-0.05, 0) is 0 Å². The highest BCUT2D eigenvalue weighted by Gasteiger charge is 2.14. The second kappa shape index (κ2) is 3.26. The Hall–Kier alpha value is -0.850. The SMILES string of the molecule is Fc1c(F)c2ccc1=2.NS(=O)[O-]. The number of rotatable bonds is 0. The van der Waals surface area contributed by atoms with Crippen LogP contribution in [0.3, 0.4) is 0 Å². The molecule has 3 nitrogen and oxygen atoms in total. The topological polar surface area (TPSA) is 66.2 Å². The molecule has 0 saturated carbocycles. The van der Waals surface area contributed by atoms with Crippen molar-refractivity contribution in [1.29, 1.82) is 0 Å². The molecule has 1 atom stereocenters. The fourth-order valence-electron chi connectivity index (χ4n) is 0.807. The Morgan fingerprint density at radius 1 is 1.25 bits per heavy atom. The largest absolute Gasteiger partial charge is 0.760 e. The minimum absolute atomic E-state index is 0.447. The average molecular weight is 192 g/mol. The van der Waals surface area contributed by atoms with Gasteiger partial charge in [-0.25, -0.2) is 8.78 Å². The highest BCUT2D eigenvalue weighted by Crippen LogP contribution is 2.18. The van der Waals surface area contributed by atoms with Crippen molar-refractivity contribution >= 4 is 11.3 Å². The maximum atomic E-state index is 12.0. The van der Waals surface area contributed by atoms with Crippen LogP contribution in [0.5, 0.6) is 0 Å². The molecule has 0 saturated heterocycles. The van der Waals surface area contributed by atoms with Gasteiger partial charge in [0.1, 0.15) is 0 Å². The van der Waals surface area contributed by atoms with Crippen LogP contribution in [0.25, 0.3) is 0 Å². The monoisotopic (exact) mass is 192 g/mol. The lowest BCUT2D eigenvalue weighted by Crippen LogP contribution is -1.99. The second-order valence-corrected chi connectivity index (χ2v) is 2.57. The van der Waals surface area contributed by atoms with Gasteiger partial charge in [-0.15, -0.1) is 0 Å². The van der Waals surface area contributed by atoms with Crippen molar-refractivity contribution in [3.05, 3.63) is 34.2 Å². The summed E-state index contributed by atoms with van der Waals surface area (Å²) in [5.74, 6) is -1.36. The fraction of sp³-hybridized carbons (Fsp3) is 0. The Bertz CT molecular complexity index is 383. The molecule has 0 amide bonds. The van der Waals surface area contributed by atoms with Crippen molar-refractivity contribution in [3.63, 3.8) is 0 Å².